The number of aliphatic hydroxyl groups is 1. The molecule has 1 amide bonds. The lowest BCUT2D eigenvalue weighted by molar-refractivity contribution is 0.0888. The van der Waals surface area contributed by atoms with Gasteiger partial charge in [0.2, 0.25) is 0 Å². The first-order valence-electron chi connectivity index (χ1n) is 6.91. The highest BCUT2D eigenvalue weighted by Gasteiger charge is 2.17. The van der Waals surface area contributed by atoms with E-state index in [9.17, 15) is 9.90 Å². The van der Waals surface area contributed by atoms with Crippen molar-refractivity contribution in [2.75, 3.05) is 18.6 Å². The Morgan fingerprint density at radius 1 is 1.36 bits per heavy atom. The molecule has 22 heavy (non-hydrogen) atoms. The maximum absolute atomic E-state index is 12.2. The SMILES string of the molecule is CSCC[C@H](CO)NC(=O)c1ccc(-c2ccccc2Cl)o1. The van der Waals surface area contributed by atoms with Crippen LogP contribution in [0.4, 0.5) is 0 Å². The molecular weight excluding hydrogens is 322 g/mol. The van der Waals surface area contributed by atoms with Gasteiger partial charge in [0.1, 0.15) is 5.76 Å². The predicted molar refractivity (Wildman–Crippen MR) is 90.5 cm³/mol. The second-order valence-corrected chi connectivity index (χ2v) is 6.17. The monoisotopic (exact) mass is 339 g/mol. The lowest BCUT2D eigenvalue weighted by Crippen LogP contribution is -2.37. The first-order chi connectivity index (χ1) is 10.7. The van der Waals surface area contributed by atoms with Gasteiger partial charge in [0, 0.05) is 5.56 Å². The quantitative estimate of drug-likeness (QED) is 0.811. The minimum absolute atomic E-state index is 0.0929. The zero-order valence-corrected chi connectivity index (χ0v) is 13.8. The fourth-order valence-electron chi connectivity index (χ4n) is 1.99. The van der Waals surface area contributed by atoms with Crippen LogP contribution in [0.1, 0.15) is 17.0 Å². The van der Waals surface area contributed by atoms with E-state index in [0.717, 1.165) is 11.3 Å². The van der Waals surface area contributed by atoms with Gasteiger partial charge in [0.05, 0.1) is 17.7 Å². The largest absolute Gasteiger partial charge is 0.451 e. The first-order valence-corrected chi connectivity index (χ1v) is 8.68. The first kappa shape index (κ1) is 16.9. The molecule has 2 aromatic rings. The molecule has 0 radical (unpaired) electrons. The Bertz CT molecular complexity index is 629. The molecule has 1 atom stereocenters. The van der Waals surface area contributed by atoms with Crippen LogP contribution in [-0.2, 0) is 0 Å². The summed E-state index contributed by atoms with van der Waals surface area (Å²) >= 11 is 7.79. The topological polar surface area (TPSA) is 62.5 Å². The number of aliphatic hydroxyl groups excluding tert-OH is 1. The molecule has 1 heterocycles. The van der Waals surface area contributed by atoms with E-state index in [1.54, 1.807) is 30.0 Å². The van der Waals surface area contributed by atoms with E-state index in [0.29, 0.717) is 17.2 Å². The fourth-order valence-corrected chi connectivity index (χ4v) is 2.74. The van der Waals surface area contributed by atoms with E-state index in [-0.39, 0.29) is 24.3 Å². The molecule has 0 aliphatic carbocycles. The minimum Gasteiger partial charge on any atom is -0.451 e. The van der Waals surface area contributed by atoms with Crippen molar-refractivity contribution in [2.45, 2.75) is 12.5 Å². The summed E-state index contributed by atoms with van der Waals surface area (Å²) in [5.41, 5.74) is 0.740. The summed E-state index contributed by atoms with van der Waals surface area (Å²) in [4.78, 5) is 12.2. The molecule has 0 saturated heterocycles. The Hall–Kier alpha value is -1.43. The highest BCUT2D eigenvalue weighted by Crippen LogP contribution is 2.29. The van der Waals surface area contributed by atoms with Crippen LogP contribution in [-0.4, -0.2) is 35.7 Å². The van der Waals surface area contributed by atoms with Crippen molar-refractivity contribution < 1.29 is 14.3 Å². The van der Waals surface area contributed by atoms with Crippen molar-refractivity contribution in [3.63, 3.8) is 0 Å². The number of halogens is 1. The number of amides is 1. The molecule has 1 aromatic carbocycles. The lowest BCUT2D eigenvalue weighted by Gasteiger charge is -2.14. The van der Waals surface area contributed by atoms with E-state index >= 15 is 0 Å². The van der Waals surface area contributed by atoms with Crippen molar-refractivity contribution in [1.82, 2.24) is 5.32 Å². The number of carbonyl (C=O) groups excluding carboxylic acids is 1. The Morgan fingerprint density at radius 2 is 2.14 bits per heavy atom. The summed E-state index contributed by atoms with van der Waals surface area (Å²) in [5, 5.41) is 12.6. The maximum atomic E-state index is 12.2. The molecule has 0 unspecified atom stereocenters. The molecule has 0 fully saturated rings. The average Bonchev–Trinajstić information content (AvgIpc) is 3.01. The molecule has 0 spiro atoms. The molecule has 1 aromatic heterocycles. The third-order valence-corrected chi connectivity index (χ3v) is 4.17. The molecule has 0 bridgehead atoms. The van der Waals surface area contributed by atoms with Crippen LogP contribution in [0, 0.1) is 0 Å². The second kappa shape index (κ2) is 8.27. The number of hydrogen-bond donors (Lipinski definition) is 2. The molecule has 2 rings (SSSR count). The molecule has 118 valence electrons. The lowest BCUT2D eigenvalue weighted by atomic mass is 10.2. The van der Waals surface area contributed by atoms with Gasteiger partial charge in [-0.2, -0.15) is 11.8 Å². The van der Waals surface area contributed by atoms with Crippen LogP contribution < -0.4 is 5.32 Å². The molecule has 4 nitrogen and oxygen atoms in total. The highest BCUT2D eigenvalue weighted by molar-refractivity contribution is 7.98. The number of rotatable bonds is 7. The van der Waals surface area contributed by atoms with Gasteiger partial charge in [-0.05, 0) is 42.7 Å². The van der Waals surface area contributed by atoms with E-state index in [1.165, 1.54) is 0 Å². The van der Waals surface area contributed by atoms with Crippen molar-refractivity contribution in [1.29, 1.82) is 0 Å². The zero-order valence-electron chi connectivity index (χ0n) is 12.2. The summed E-state index contributed by atoms with van der Waals surface area (Å²) in [5.74, 6) is 1.28. The van der Waals surface area contributed by atoms with Gasteiger partial charge in [0.25, 0.3) is 5.91 Å². The number of thioether (sulfide) groups is 1. The Balaban J connectivity index is 2.07. The summed E-state index contributed by atoms with van der Waals surface area (Å²) in [6.45, 7) is -0.0929. The van der Waals surface area contributed by atoms with E-state index in [2.05, 4.69) is 5.32 Å². The van der Waals surface area contributed by atoms with Crippen molar-refractivity contribution >= 4 is 29.3 Å². The molecule has 0 aliphatic rings. The van der Waals surface area contributed by atoms with Gasteiger partial charge in [0.15, 0.2) is 5.76 Å². The Kier molecular flexibility index (Phi) is 6.36. The molecular formula is C16H18ClNO3S. The van der Waals surface area contributed by atoms with Gasteiger partial charge >= 0.3 is 0 Å². The number of nitrogens with one attached hydrogen (secondary N) is 1. The maximum Gasteiger partial charge on any atom is 0.287 e. The normalized spacial score (nSPS) is 12.1. The molecule has 0 aliphatic heterocycles. The summed E-state index contributed by atoms with van der Waals surface area (Å²) < 4.78 is 5.58. The number of hydrogen-bond acceptors (Lipinski definition) is 4. The number of benzene rings is 1. The van der Waals surface area contributed by atoms with Crippen molar-refractivity contribution in [3.8, 4) is 11.3 Å². The fraction of sp³-hybridized carbons (Fsp3) is 0.312. The third-order valence-electron chi connectivity index (χ3n) is 3.20. The van der Waals surface area contributed by atoms with Crippen LogP contribution in [0.5, 0.6) is 0 Å². The van der Waals surface area contributed by atoms with Gasteiger partial charge in [-0.15, -0.1) is 0 Å². The Morgan fingerprint density at radius 3 is 2.82 bits per heavy atom. The second-order valence-electron chi connectivity index (χ2n) is 4.78. The van der Waals surface area contributed by atoms with Crippen LogP contribution in [0.2, 0.25) is 5.02 Å². The standard InChI is InChI=1S/C16H18ClNO3S/c1-22-9-8-11(10-19)18-16(20)15-7-6-14(21-15)12-4-2-3-5-13(12)17/h2-7,11,19H,8-10H2,1H3,(H,18,20)/t11-/m1/s1. The van der Waals surface area contributed by atoms with E-state index in [1.807, 2.05) is 24.5 Å². The molecule has 2 N–H and O–H groups in total. The van der Waals surface area contributed by atoms with Crippen LogP contribution in [0.25, 0.3) is 11.3 Å². The van der Waals surface area contributed by atoms with Gasteiger partial charge in [-0.25, -0.2) is 0 Å². The highest BCUT2D eigenvalue weighted by atomic mass is 35.5. The van der Waals surface area contributed by atoms with Gasteiger partial charge < -0.3 is 14.8 Å². The minimum atomic E-state index is -0.335. The average molecular weight is 340 g/mol. The molecule has 0 saturated carbocycles. The van der Waals surface area contributed by atoms with E-state index in [4.69, 9.17) is 16.0 Å². The molecule has 6 heteroatoms. The third kappa shape index (κ3) is 4.29. The Labute approximate surface area is 138 Å². The number of carbonyl (C=O) groups is 1. The van der Waals surface area contributed by atoms with E-state index < -0.39 is 0 Å². The van der Waals surface area contributed by atoms with Crippen LogP contribution >= 0.6 is 23.4 Å². The smallest absolute Gasteiger partial charge is 0.287 e. The van der Waals surface area contributed by atoms with Gasteiger partial charge in [-0.3, -0.25) is 4.79 Å². The van der Waals surface area contributed by atoms with Crippen LogP contribution in [0.3, 0.4) is 0 Å². The van der Waals surface area contributed by atoms with Crippen LogP contribution in [0.15, 0.2) is 40.8 Å². The summed E-state index contributed by atoms with van der Waals surface area (Å²) in [6, 6.07) is 10.3. The van der Waals surface area contributed by atoms with Crippen molar-refractivity contribution in [2.24, 2.45) is 0 Å². The number of furan rings is 1. The predicted octanol–water partition coefficient (Wildman–Crippen LogP) is 3.44. The zero-order chi connectivity index (χ0) is 15.9. The summed E-state index contributed by atoms with van der Waals surface area (Å²) in [6.07, 6.45) is 2.69. The van der Waals surface area contributed by atoms with Crippen molar-refractivity contribution in [3.05, 3.63) is 47.2 Å². The summed E-state index contributed by atoms with van der Waals surface area (Å²) in [7, 11) is 0. The van der Waals surface area contributed by atoms with Gasteiger partial charge in [-0.1, -0.05) is 23.7 Å².